The summed E-state index contributed by atoms with van der Waals surface area (Å²) in [5, 5.41) is 15.7. The van der Waals surface area contributed by atoms with E-state index in [1.165, 1.54) is 0 Å². The van der Waals surface area contributed by atoms with Crippen molar-refractivity contribution in [3.8, 4) is 11.6 Å². The number of halogens is 3. The lowest BCUT2D eigenvalue weighted by atomic mass is 10.0. The van der Waals surface area contributed by atoms with Crippen LogP contribution in [0.4, 0.5) is 13.2 Å². The second-order valence-corrected chi connectivity index (χ2v) is 9.21. The number of rotatable bonds is 13. The molecule has 0 radical (unpaired) electrons. The fourth-order valence-electron chi connectivity index (χ4n) is 3.72. The van der Waals surface area contributed by atoms with Gasteiger partial charge in [0.25, 0.3) is 5.91 Å². The van der Waals surface area contributed by atoms with Crippen LogP contribution in [0.2, 0.25) is 0 Å². The second kappa shape index (κ2) is 13.5. The van der Waals surface area contributed by atoms with Gasteiger partial charge in [0.2, 0.25) is 11.8 Å². The van der Waals surface area contributed by atoms with Crippen molar-refractivity contribution in [2.75, 3.05) is 13.2 Å². The third kappa shape index (κ3) is 8.88. The molecule has 0 saturated heterocycles. The van der Waals surface area contributed by atoms with E-state index in [0.29, 0.717) is 18.1 Å². The number of hydrogen-bond acceptors (Lipinski definition) is 8. The Hall–Kier alpha value is -4.75. The number of aliphatic carboxylic acids is 1. The lowest BCUT2D eigenvalue weighted by Gasteiger charge is -2.24. The van der Waals surface area contributed by atoms with Gasteiger partial charge in [0.1, 0.15) is 24.2 Å². The van der Waals surface area contributed by atoms with Crippen molar-refractivity contribution in [2.24, 2.45) is 5.92 Å². The molecule has 0 fully saturated rings. The minimum absolute atomic E-state index is 0.422. The van der Waals surface area contributed by atoms with Crippen LogP contribution in [0.1, 0.15) is 26.0 Å². The zero-order chi connectivity index (χ0) is 30.2. The predicted molar refractivity (Wildman–Crippen MR) is 138 cm³/mol. The third-order valence-corrected chi connectivity index (χ3v) is 5.75. The van der Waals surface area contributed by atoms with Gasteiger partial charge in [-0.1, -0.05) is 50.2 Å². The number of nitrogens with one attached hydrogen (secondary N) is 2. The Bertz CT molecular complexity index is 1410. The Kier molecular flexibility index (Phi) is 10.2. The highest BCUT2D eigenvalue weighted by atomic mass is 19.4. The van der Waals surface area contributed by atoms with E-state index in [2.05, 4.69) is 20.6 Å². The first-order valence-electron chi connectivity index (χ1n) is 12.3. The summed E-state index contributed by atoms with van der Waals surface area (Å²) in [6, 6.07) is 10.4. The molecule has 3 N–H and O–H groups in total. The van der Waals surface area contributed by atoms with Crippen molar-refractivity contribution in [3.63, 3.8) is 0 Å². The molecule has 0 saturated carbocycles. The first-order chi connectivity index (χ1) is 19.3. The van der Waals surface area contributed by atoms with E-state index < -0.39 is 79.0 Å². The van der Waals surface area contributed by atoms with Crippen LogP contribution in [0, 0.1) is 5.92 Å². The molecule has 14 heteroatoms. The zero-order valence-electron chi connectivity index (χ0n) is 22.0. The van der Waals surface area contributed by atoms with Crippen LogP contribution in [0.25, 0.3) is 10.8 Å². The molecule has 3 rings (SSSR count). The number of carbonyl (C=O) groups is 4. The number of nitrogens with zero attached hydrogens (tertiary/aromatic N) is 2. The molecule has 3 aromatic rings. The average molecular weight is 577 g/mol. The maximum absolute atomic E-state index is 13.0. The van der Waals surface area contributed by atoms with E-state index >= 15 is 0 Å². The molecule has 218 valence electrons. The smallest absolute Gasteiger partial charge is 0.433 e. The van der Waals surface area contributed by atoms with E-state index in [9.17, 15) is 37.5 Å². The van der Waals surface area contributed by atoms with Gasteiger partial charge in [-0.2, -0.15) is 13.2 Å². The Morgan fingerprint density at radius 3 is 2.34 bits per heavy atom. The van der Waals surface area contributed by atoms with Gasteiger partial charge in [-0.15, -0.1) is 0 Å². The van der Waals surface area contributed by atoms with Crippen molar-refractivity contribution >= 4 is 34.3 Å². The molecular weight excluding hydrogens is 549 g/mol. The second-order valence-electron chi connectivity index (χ2n) is 9.21. The van der Waals surface area contributed by atoms with E-state index in [0.717, 1.165) is 10.8 Å². The minimum Gasteiger partial charge on any atom is -0.483 e. The molecule has 1 heterocycles. The van der Waals surface area contributed by atoms with Gasteiger partial charge >= 0.3 is 12.1 Å². The van der Waals surface area contributed by atoms with Crippen molar-refractivity contribution in [1.29, 1.82) is 0 Å². The predicted octanol–water partition coefficient (Wildman–Crippen LogP) is 2.78. The summed E-state index contributed by atoms with van der Waals surface area (Å²) >= 11 is 0. The highest BCUT2D eigenvalue weighted by molar-refractivity contribution is 5.95. The molecule has 11 nitrogen and oxygen atoms in total. The van der Waals surface area contributed by atoms with Crippen LogP contribution in [-0.4, -0.2) is 63.9 Å². The van der Waals surface area contributed by atoms with Crippen LogP contribution < -0.4 is 20.1 Å². The Labute approximate surface area is 232 Å². The van der Waals surface area contributed by atoms with Crippen LogP contribution in [0.15, 0.2) is 54.9 Å². The first kappa shape index (κ1) is 30.8. The van der Waals surface area contributed by atoms with Gasteiger partial charge in [-0.25, -0.2) is 9.97 Å². The lowest BCUT2D eigenvalue weighted by molar-refractivity contribution is -0.142. The number of benzene rings is 2. The lowest BCUT2D eigenvalue weighted by Crippen LogP contribution is -2.55. The van der Waals surface area contributed by atoms with Crippen molar-refractivity contribution in [2.45, 2.75) is 38.5 Å². The van der Waals surface area contributed by atoms with Crippen LogP contribution in [0.3, 0.4) is 0 Å². The molecule has 2 atom stereocenters. The fraction of sp³-hybridized carbons (Fsp3) is 0.333. The summed E-state index contributed by atoms with van der Waals surface area (Å²) in [7, 11) is 0. The molecule has 0 unspecified atom stereocenters. The number of hydrogen-bond donors (Lipinski definition) is 3. The fourth-order valence-corrected chi connectivity index (χ4v) is 3.72. The van der Waals surface area contributed by atoms with Crippen LogP contribution >= 0.6 is 0 Å². The number of carboxylic acids is 1. The maximum atomic E-state index is 13.0. The van der Waals surface area contributed by atoms with E-state index in [1.807, 2.05) is 30.3 Å². The van der Waals surface area contributed by atoms with E-state index in [-0.39, 0.29) is 0 Å². The number of alkyl halides is 3. The standard InChI is InChI=1S/C27H27F3N4O7/c1-15(2)25(34-22(36)13-40-20-9-5-7-16-6-3-4-8-17(16)20)26(39)33-18(10-24(37)38)19(35)12-41-23-11-21(27(28,29)30)31-14-32-23/h3-9,11,14-15,18,25H,10,12-13H2,1-2H3,(H,33,39)(H,34,36)(H,37,38)/t18-,25-/m0/s1. The molecule has 2 aromatic carbocycles. The molecular formula is C27H27F3N4O7. The van der Waals surface area contributed by atoms with Gasteiger partial charge in [-0.3, -0.25) is 19.2 Å². The van der Waals surface area contributed by atoms with Crippen molar-refractivity contribution in [3.05, 3.63) is 60.6 Å². The molecule has 0 aliphatic rings. The van der Waals surface area contributed by atoms with Crippen molar-refractivity contribution < 1.29 is 46.9 Å². The monoisotopic (exact) mass is 576 g/mol. The SMILES string of the molecule is CC(C)[C@H](NC(=O)COc1cccc2ccccc12)C(=O)N[C@@H](CC(=O)O)C(=O)COc1cc(C(F)(F)F)ncn1. The summed E-state index contributed by atoms with van der Waals surface area (Å²) in [4.78, 5) is 56.2. The van der Waals surface area contributed by atoms with Gasteiger partial charge in [0.15, 0.2) is 24.7 Å². The number of carbonyl (C=O) groups excluding carboxylic acids is 3. The highest BCUT2D eigenvalue weighted by Crippen LogP contribution is 2.28. The average Bonchev–Trinajstić information content (AvgIpc) is 2.92. The number of aromatic nitrogens is 2. The molecule has 0 aliphatic carbocycles. The summed E-state index contributed by atoms with van der Waals surface area (Å²) in [6.45, 7) is 1.94. The molecule has 1 aromatic heterocycles. The highest BCUT2D eigenvalue weighted by Gasteiger charge is 2.34. The topological polar surface area (TPSA) is 157 Å². The normalized spacial score (nSPS) is 12.8. The minimum atomic E-state index is -4.78. The van der Waals surface area contributed by atoms with Gasteiger partial charge in [-0.05, 0) is 17.4 Å². The van der Waals surface area contributed by atoms with Crippen LogP contribution in [0.5, 0.6) is 11.6 Å². The molecule has 0 bridgehead atoms. The van der Waals surface area contributed by atoms with Crippen molar-refractivity contribution in [1.82, 2.24) is 20.6 Å². The zero-order valence-corrected chi connectivity index (χ0v) is 22.0. The Morgan fingerprint density at radius 1 is 0.951 bits per heavy atom. The quantitative estimate of drug-likeness (QED) is 0.278. The molecule has 0 aliphatic heterocycles. The maximum Gasteiger partial charge on any atom is 0.433 e. The summed E-state index contributed by atoms with van der Waals surface area (Å²) in [5.41, 5.74) is -1.30. The molecule has 41 heavy (non-hydrogen) atoms. The number of fused-ring (bicyclic) bond motifs is 1. The third-order valence-electron chi connectivity index (χ3n) is 5.75. The van der Waals surface area contributed by atoms with Gasteiger partial charge in [0, 0.05) is 11.5 Å². The van der Waals surface area contributed by atoms with E-state index in [4.69, 9.17) is 9.47 Å². The summed E-state index contributed by atoms with van der Waals surface area (Å²) < 4.78 is 49.2. The molecule has 2 amide bonds. The Balaban J connectivity index is 1.62. The largest absolute Gasteiger partial charge is 0.483 e. The molecule has 0 spiro atoms. The van der Waals surface area contributed by atoms with Gasteiger partial charge in [0.05, 0.1) is 6.42 Å². The summed E-state index contributed by atoms with van der Waals surface area (Å²) in [6.07, 6.45) is -5.02. The first-order valence-corrected chi connectivity index (χ1v) is 12.3. The number of carboxylic acid groups (broad SMARTS) is 1. The number of Topliss-reactive ketones (excluding diaryl/α,β-unsaturated/α-hetero) is 1. The van der Waals surface area contributed by atoms with Gasteiger partial charge < -0.3 is 25.2 Å². The van der Waals surface area contributed by atoms with Crippen LogP contribution in [-0.2, 0) is 25.4 Å². The number of ketones is 1. The van der Waals surface area contributed by atoms with E-state index in [1.54, 1.807) is 26.0 Å². The Morgan fingerprint density at radius 2 is 1.66 bits per heavy atom. The number of ether oxygens (including phenoxy) is 2. The summed E-state index contributed by atoms with van der Waals surface area (Å²) in [5.74, 6) is -4.45. The number of amides is 2.